The van der Waals surface area contributed by atoms with Crippen molar-refractivity contribution in [2.75, 3.05) is 19.8 Å². The zero-order valence-electron chi connectivity index (χ0n) is 40.7. The number of carboxylic acids is 3. The molecule has 9 atom stereocenters. The molecule has 1 rings (SSSR count). The van der Waals surface area contributed by atoms with E-state index in [-0.39, 0.29) is 25.2 Å². The van der Waals surface area contributed by atoms with Gasteiger partial charge in [0.25, 0.3) is 0 Å². The highest BCUT2D eigenvalue weighted by Crippen LogP contribution is 2.11. The zero-order chi connectivity index (χ0) is 55.7. The van der Waals surface area contributed by atoms with Gasteiger partial charge in [0.15, 0.2) is 0 Å². The first kappa shape index (κ1) is 63.2. The molecule has 10 amide bonds. The molecule has 73 heavy (non-hydrogen) atoms. The molecule has 31 nitrogen and oxygen atoms in total. The Bertz CT molecular complexity index is 2120. The van der Waals surface area contributed by atoms with Crippen LogP contribution in [0.25, 0.3) is 0 Å². The summed E-state index contributed by atoms with van der Waals surface area (Å²) in [6, 6.07) is -14.4. The standard InChI is InChI=1S/C42H67N13O18/c1-18(2)10-24(50-35(66)22(43)6-9-30(59)60)39(70)55-33(19(3)4)42(73)52-26(12-31(61)62)38(69)54-27(15-56)40(71)48-20(5)34(65)53-28(16-57)41(72)49-23(7-8-29(44)58)37(68)51-25(11-21-13-45-17-47-21)36(67)46-14-32(63)64/h13,17-20,22-28,33,56-57H,6-12,14-16,43H2,1-5H3,(H2,44,58)(H,45,47)(H,46,67)(H,48,71)(H,49,72)(H,50,66)(H,51,68)(H,52,73)(H,53,65)(H,54,69)(H,55,70)(H,59,60)(H,61,62)(H,63,64)/t20-,22-,23-,24-,25-,26-,27-,28-,33-/m0/s1. The number of aliphatic hydroxyl groups is 2. The largest absolute Gasteiger partial charge is 0.481 e. The van der Waals surface area contributed by atoms with Crippen molar-refractivity contribution in [3.05, 3.63) is 18.2 Å². The number of nitrogens with one attached hydrogen (secondary N) is 10. The third-order valence-electron chi connectivity index (χ3n) is 10.3. The van der Waals surface area contributed by atoms with E-state index in [4.69, 9.17) is 21.7 Å². The van der Waals surface area contributed by atoms with Crippen LogP contribution in [0.4, 0.5) is 0 Å². The molecule has 0 fully saturated rings. The lowest BCUT2D eigenvalue weighted by atomic mass is 9.99. The number of carbonyl (C=O) groups excluding carboxylic acids is 10. The van der Waals surface area contributed by atoms with Gasteiger partial charge in [0.1, 0.15) is 54.9 Å². The summed E-state index contributed by atoms with van der Waals surface area (Å²) in [5, 5.41) is 67.7. The summed E-state index contributed by atoms with van der Waals surface area (Å²) in [6.45, 7) is 4.43. The number of carbonyl (C=O) groups is 13. The van der Waals surface area contributed by atoms with Crippen molar-refractivity contribution in [3.8, 4) is 0 Å². The number of aromatic amines is 1. The first-order valence-electron chi connectivity index (χ1n) is 22.7. The maximum atomic E-state index is 13.6. The molecule has 0 unspecified atom stereocenters. The van der Waals surface area contributed by atoms with E-state index in [0.717, 1.165) is 6.92 Å². The Morgan fingerprint density at radius 2 is 1.07 bits per heavy atom. The van der Waals surface area contributed by atoms with E-state index in [1.165, 1.54) is 26.4 Å². The Kier molecular flexibility index (Phi) is 27.3. The van der Waals surface area contributed by atoms with Gasteiger partial charge in [-0.05, 0) is 38.0 Å². The van der Waals surface area contributed by atoms with Crippen molar-refractivity contribution in [1.29, 1.82) is 0 Å². The highest BCUT2D eigenvalue weighted by atomic mass is 16.4. The number of aliphatic hydroxyl groups excluding tert-OH is 2. The monoisotopic (exact) mass is 1040 g/mol. The van der Waals surface area contributed by atoms with Gasteiger partial charge in [-0.15, -0.1) is 0 Å². The lowest BCUT2D eigenvalue weighted by molar-refractivity contribution is -0.142. The van der Waals surface area contributed by atoms with Crippen LogP contribution in [-0.2, 0) is 68.7 Å². The van der Waals surface area contributed by atoms with Crippen LogP contribution in [0.1, 0.15) is 78.8 Å². The molecule has 0 aliphatic carbocycles. The molecule has 0 saturated carbocycles. The van der Waals surface area contributed by atoms with E-state index in [2.05, 4.69) is 57.8 Å². The minimum atomic E-state index is -1.95. The summed E-state index contributed by atoms with van der Waals surface area (Å²) in [5.74, 6) is -15.8. The van der Waals surface area contributed by atoms with Crippen LogP contribution < -0.4 is 59.3 Å². The lowest BCUT2D eigenvalue weighted by Gasteiger charge is -2.28. The first-order chi connectivity index (χ1) is 34.1. The van der Waals surface area contributed by atoms with Crippen molar-refractivity contribution in [3.63, 3.8) is 0 Å². The summed E-state index contributed by atoms with van der Waals surface area (Å²) in [5.41, 5.74) is 11.4. The van der Waals surface area contributed by atoms with Crippen LogP contribution in [0, 0.1) is 11.8 Å². The van der Waals surface area contributed by atoms with Gasteiger partial charge >= 0.3 is 17.9 Å². The minimum Gasteiger partial charge on any atom is -0.481 e. The number of hydrogen-bond donors (Lipinski definition) is 17. The van der Waals surface area contributed by atoms with E-state index < -0.39 is 183 Å². The number of nitrogens with zero attached hydrogens (tertiary/aromatic N) is 1. The van der Waals surface area contributed by atoms with Gasteiger partial charge < -0.3 is 89.8 Å². The van der Waals surface area contributed by atoms with Crippen LogP contribution in [0.3, 0.4) is 0 Å². The molecule has 19 N–H and O–H groups in total. The van der Waals surface area contributed by atoms with E-state index in [0.29, 0.717) is 5.69 Å². The van der Waals surface area contributed by atoms with E-state index >= 15 is 0 Å². The van der Waals surface area contributed by atoms with Gasteiger partial charge in [0.05, 0.1) is 32.0 Å². The van der Waals surface area contributed by atoms with Crippen molar-refractivity contribution in [2.24, 2.45) is 23.3 Å². The predicted octanol–water partition coefficient (Wildman–Crippen LogP) is -7.33. The Balaban J connectivity index is 3.14. The molecule has 0 aliphatic rings. The van der Waals surface area contributed by atoms with Gasteiger partial charge in [-0.2, -0.15) is 0 Å². The molecular formula is C42H67N13O18. The summed E-state index contributed by atoms with van der Waals surface area (Å²) in [4.78, 5) is 171. The number of carboxylic acid groups (broad SMARTS) is 3. The van der Waals surface area contributed by atoms with Gasteiger partial charge in [-0.1, -0.05) is 27.7 Å². The third-order valence-corrected chi connectivity index (χ3v) is 10.3. The summed E-state index contributed by atoms with van der Waals surface area (Å²) < 4.78 is 0. The zero-order valence-corrected chi connectivity index (χ0v) is 40.7. The number of hydrogen-bond acceptors (Lipinski definition) is 17. The number of H-pyrrole nitrogens is 1. The van der Waals surface area contributed by atoms with Crippen molar-refractivity contribution < 1.29 is 87.9 Å². The fraction of sp³-hybridized carbons (Fsp3) is 0.619. The van der Waals surface area contributed by atoms with E-state index in [9.17, 15) is 77.6 Å². The molecule has 0 bridgehead atoms. The third kappa shape index (κ3) is 23.8. The second kappa shape index (κ2) is 31.5. The molecule has 0 aliphatic heterocycles. The van der Waals surface area contributed by atoms with E-state index in [1.807, 2.05) is 0 Å². The summed E-state index contributed by atoms with van der Waals surface area (Å²) >= 11 is 0. The van der Waals surface area contributed by atoms with Crippen LogP contribution >= 0.6 is 0 Å². The second-order valence-electron chi connectivity index (χ2n) is 17.4. The van der Waals surface area contributed by atoms with Crippen molar-refractivity contribution in [1.82, 2.24) is 57.8 Å². The average molecular weight is 1040 g/mol. The molecule has 0 saturated heterocycles. The quantitative estimate of drug-likeness (QED) is 0.0305. The number of aromatic nitrogens is 2. The molecule has 408 valence electrons. The van der Waals surface area contributed by atoms with Gasteiger partial charge in [0.2, 0.25) is 59.1 Å². The fourth-order valence-electron chi connectivity index (χ4n) is 6.37. The topological polar surface area (TPSA) is 512 Å². The summed E-state index contributed by atoms with van der Waals surface area (Å²) in [6.07, 6.45) is -0.322. The van der Waals surface area contributed by atoms with Gasteiger partial charge in [0, 0.05) is 31.2 Å². The highest BCUT2D eigenvalue weighted by molar-refractivity contribution is 5.99. The molecule has 31 heteroatoms. The smallest absolute Gasteiger partial charge is 0.322 e. The van der Waals surface area contributed by atoms with E-state index in [1.54, 1.807) is 13.8 Å². The summed E-state index contributed by atoms with van der Waals surface area (Å²) in [7, 11) is 0. The van der Waals surface area contributed by atoms with Crippen LogP contribution in [0.5, 0.6) is 0 Å². The van der Waals surface area contributed by atoms with Crippen LogP contribution in [0.15, 0.2) is 12.5 Å². The number of nitrogens with two attached hydrogens (primary N) is 2. The normalized spacial score (nSPS) is 14.7. The van der Waals surface area contributed by atoms with Gasteiger partial charge in [-0.3, -0.25) is 62.3 Å². The molecule has 0 spiro atoms. The number of amides is 10. The Labute approximate surface area is 417 Å². The number of imidazole rings is 1. The van der Waals surface area contributed by atoms with Crippen LogP contribution in [-0.4, -0.2) is 187 Å². The molecule has 0 radical (unpaired) electrons. The Morgan fingerprint density at radius 3 is 1.58 bits per heavy atom. The number of primary amides is 1. The maximum Gasteiger partial charge on any atom is 0.322 e. The number of rotatable bonds is 34. The fourth-order valence-corrected chi connectivity index (χ4v) is 6.37. The Morgan fingerprint density at radius 1 is 0.562 bits per heavy atom. The maximum absolute atomic E-state index is 13.6. The molecular weight excluding hydrogens is 975 g/mol. The highest BCUT2D eigenvalue weighted by Gasteiger charge is 2.36. The number of aliphatic carboxylic acids is 3. The Hall–Kier alpha value is -7.80. The molecule has 0 aromatic carbocycles. The SMILES string of the molecule is CC(C)C[C@H](NC(=O)[C@@H](N)CCC(=O)O)C(=O)N[C@H](C(=O)N[C@@H](CC(=O)O)C(=O)N[C@@H](CO)C(=O)N[C@@H](C)C(=O)N[C@@H](CO)C(=O)N[C@@H](CCC(N)=O)C(=O)N[C@@H](Cc1cnc[nH]1)C(=O)NCC(=O)O)C(C)C. The van der Waals surface area contributed by atoms with Crippen molar-refractivity contribution in [2.45, 2.75) is 134 Å². The first-order valence-corrected chi connectivity index (χ1v) is 22.7. The van der Waals surface area contributed by atoms with Crippen molar-refractivity contribution >= 4 is 77.0 Å². The lowest BCUT2D eigenvalue weighted by Crippen LogP contribution is -2.61. The predicted molar refractivity (Wildman–Crippen MR) is 248 cm³/mol. The molecule has 1 aromatic rings. The molecule has 1 heterocycles. The second-order valence-corrected chi connectivity index (χ2v) is 17.4. The van der Waals surface area contributed by atoms with Crippen LogP contribution in [0.2, 0.25) is 0 Å². The molecule has 1 aromatic heterocycles. The minimum absolute atomic E-state index is 0.0430. The average Bonchev–Trinajstić information content (AvgIpc) is 3.82. The van der Waals surface area contributed by atoms with Gasteiger partial charge in [-0.25, -0.2) is 4.98 Å².